The van der Waals surface area contributed by atoms with Gasteiger partial charge in [0, 0.05) is 34.6 Å². The van der Waals surface area contributed by atoms with Crippen molar-refractivity contribution < 1.29 is 4.79 Å². The molecule has 160 valence electrons. The molecule has 0 fully saturated rings. The van der Waals surface area contributed by atoms with Crippen molar-refractivity contribution in [3.63, 3.8) is 0 Å². The van der Waals surface area contributed by atoms with E-state index in [2.05, 4.69) is 37.3 Å². The lowest BCUT2D eigenvalue weighted by Crippen LogP contribution is -2.23. The van der Waals surface area contributed by atoms with Crippen molar-refractivity contribution >= 4 is 32.7 Å². The van der Waals surface area contributed by atoms with E-state index in [0.717, 1.165) is 38.9 Å². The third-order valence-corrected chi connectivity index (χ3v) is 5.93. The van der Waals surface area contributed by atoms with Gasteiger partial charge in [-0.15, -0.1) is 0 Å². The SMILES string of the molecule is CCn1nc(Cc2ccc(C(=O)NCc3cnc(C)cn3)cc2Br)c2ccc(C#N)cc21. The van der Waals surface area contributed by atoms with Gasteiger partial charge in [0.2, 0.25) is 0 Å². The standard InChI is InChI=1S/C24H21BrN6O/c1-3-31-23-8-16(11-26)4-7-20(23)22(30-31)10-17-5-6-18(9-21(17)25)24(32)29-14-19-13-27-15(2)12-28-19/h4-9,12-13H,3,10,14H2,1-2H3,(H,29,32). The van der Waals surface area contributed by atoms with Gasteiger partial charge < -0.3 is 5.32 Å². The normalized spacial score (nSPS) is 10.8. The minimum atomic E-state index is -0.177. The molecule has 8 heteroatoms. The van der Waals surface area contributed by atoms with Crippen molar-refractivity contribution in [3.05, 3.63) is 87.0 Å². The number of nitriles is 1. The van der Waals surface area contributed by atoms with Crippen molar-refractivity contribution in [1.82, 2.24) is 25.1 Å². The zero-order valence-electron chi connectivity index (χ0n) is 17.8. The van der Waals surface area contributed by atoms with E-state index < -0.39 is 0 Å². The number of halogens is 1. The zero-order valence-corrected chi connectivity index (χ0v) is 19.3. The first-order valence-electron chi connectivity index (χ1n) is 10.2. The summed E-state index contributed by atoms with van der Waals surface area (Å²) >= 11 is 3.61. The highest BCUT2D eigenvalue weighted by Crippen LogP contribution is 2.26. The second-order valence-electron chi connectivity index (χ2n) is 7.42. The van der Waals surface area contributed by atoms with Gasteiger partial charge in [0.05, 0.1) is 47.0 Å². The summed E-state index contributed by atoms with van der Waals surface area (Å²) < 4.78 is 2.75. The fraction of sp³-hybridized carbons (Fsp3) is 0.208. The second kappa shape index (κ2) is 9.28. The maximum absolute atomic E-state index is 12.6. The van der Waals surface area contributed by atoms with Crippen LogP contribution in [0.1, 0.15) is 45.5 Å². The van der Waals surface area contributed by atoms with Gasteiger partial charge in [-0.05, 0) is 49.7 Å². The summed E-state index contributed by atoms with van der Waals surface area (Å²) in [5, 5.41) is 17.8. The van der Waals surface area contributed by atoms with Crippen LogP contribution in [0, 0.1) is 18.3 Å². The predicted octanol–water partition coefficient (Wildman–Crippen LogP) is 4.31. The van der Waals surface area contributed by atoms with E-state index in [1.54, 1.807) is 12.4 Å². The van der Waals surface area contributed by atoms with E-state index in [-0.39, 0.29) is 5.91 Å². The van der Waals surface area contributed by atoms with Gasteiger partial charge in [0.1, 0.15) is 0 Å². The molecule has 0 saturated carbocycles. The van der Waals surface area contributed by atoms with E-state index in [9.17, 15) is 10.1 Å². The van der Waals surface area contributed by atoms with Crippen LogP contribution in [0.15, 0.2) is 53.3 Å². The van der Waals surface area contributed by atoms with Gasteiger partial charge in [-0.1, -0.05) is 22.0 Å². The number of nitrogens with zero attached hydrogens (tertiary/aromatic N) is 5. The quantitative estimate of drug-likeness (QED) is 0.436. The molecule has 0 saturated heterocycles. The van der Waals surface area contributed by atoms with Crippen LogP contribution < -0.4 is 5.32 Å². The number of benzene rings is 2. The van der Waals surface area contributed by atoms with Crippen LogP contribution >= 0.6 is 15.9 Å². The van der Waals surface area contributed by atoms with Crippen molar-refractivity contribution in [2.75, 3.05) is 0 Å². The number of carbonyl (C=O) groups is 1. The predicted molar refractivity (Wildman–Crippen MR) is 125 cm³/mol. The van der Waals surface area contributed by atoms with E-state index >= 15 is 0 Å². The Morgan fingerprint density at radius 2 is 2.03 bits per heavy atom. The first-order valence-corrected chi connectivity index (χ1v) is 11.0. The van der Waals surface area contributed by atoms with Gasteiger partial charge in [-0.3, -0.25) is 19.4 Å². The number of rotatable bonds is 6. The van der Waals surface area contributed by atoms with Gasteiger partial charge in [-0.25, -0.2) is 0 Å². The fourth-order valence-corrected chi connectivity index (χ4v) is 4.00. The molecule has 0 spiro atoms. The van der Waals surface area contributed by atoms with Gasteiger partial charge in [-0.2, -0.15) is 10.4 Å². The highest BCUT2D eigenvalue weighted by atomic mass is 79.9. The van der Waals surface area contributed by atoms with Crippen LogP contribution in [0.5, 0.6) is 0 Å². The minimum Gasteiger partial charge on any atom is -0.346 e. The third kappa shape index (κ3) is 4.53. The van der Waals surface area contributed by atoms with E-state index in [1.807, 2.05) is 54.9 Å². The Kier molecular flexibility index (Phi) is 6.28. The van der Waals surface area contributed by atoms with Crippen LogP contribution in [0.2, 0.25) is 0 Å². The molecule has 7 nitrogen and oxygen atoms in total. The molecule has 4 aromatic rings. The lowest BCUT2D eigenvalue weighted by molar-refractivity contribution is 0.0950. The lowest BCUT2D eigenvalue weighted by Gasteiger charge is -2.08. The molecule has 2 aromatic carbocycles. The Morgan fingerprint density at radius 1 is 1.19 bits per heavy atom. The van der Waals surface area contributed by atoms with E-state index in [0.29, 0.717) is 29.8 Å². The highest BCUT2D eigenvalue weighted by Gasteiger charge is 2.14. The van der Waals surface area contributed by atoms with Crippen LogP contribution in [0.4, 0.5) is 0 Å². The molecule has 2 aromatic heterocycles. The summed E-state index contributed by atoms with van der Waals surface area (Å²) in [4.78, 5) is 21.0. The summed E-state index contributed by atoms with van der Waals surface area (Å²) in [5.41, 5.74) is 5.63. The molecule has 0 aliphatic carbocycles. The first kappa shape index (κ1) is 21.7. The van der Waals surface area contributed by atoms with Gasteiger partial charge in [0.25, 0.3) is 5.91 Å². The molecule has 4 rings (SSSR count). The molecule has 0 atom stereocenters. The van der Waals surface area contributed by atoms with E-state index in [1.165, 1.54) is 0 Å². The number of nitrogens with one attached hydrogen (secondary N) is 1. The van der Waals surface area contributed by atoms with Crippen molar-refractivity contribution in [2.24, 2.45) is 0 Å². The van der Waals surface area contributed by atoms with Crippen molar-refractivity contribution in [1.29, 1.82) is 5.26 Å². The van der Waals surface area contributed by atoms with Crippen LogP contribution in [0.3, 0.4) is 0 Å². The minimum absolute atomic E-state index is 0.177. The molecular weight excluding hydrogens is 468 g/mol. The largest absolute Gasteiger partial charge is 0.346 e. The summed E-state index contributed by atoms with van der Waals surface area (Å²) in [6, 6.07) is 13.4. The molecule has 0 aliphatic heterocycles. The van der Waals surface area contributed by atoms with Crippen molar-refractivity contribution in [2.45, 2.75) is 33.4 Å². The Balaban J connectivity index is 1.52. The van der Waals surface area contributed by atoms with Crippen LogP contribution in [-0.4, -0.2) is 25.7 Å². The summed E-state index contributed by atoms with van der Waals surface area (Å²) in [7, 11) is 0. The number of aromatic nitrogens is 4. The van der Waals surface area contributed by atoms with Crippen molar-refractivity contribution in [3.8, 4) is 6.07 Å². The number of fused-ring (bicyclic) bond motifs is 1. The number of carbonyl (C=O) groups excluding carboxylic acids is 1. The molecule has 2 heterocycles. The summed E-state index contributed by atoms with van der Waals surface area (Å²) in [5.74, 6) is -0.177. The molecule has 0 aliphatic rings. The molecule has 1 amide bonds. The van der Waals surface area contributed by atoms with Gasteiger partial charge >= 0.3 is 0 Å². The monoisotopic (exact) mass is 488 g/mol. The molecular formula is C24H21BrN6O. The number of hydrogen-bond acceptors (Lipinski definition) is 5. The zero-order chi connectivity index (χ0) is 22.7. The maximum atomic E-state index is 12.6. The van der Waals surface area contributed by atoms with Crippen LogP contribution in [0.25, 0.3) is 10.9 Å². The number of amides is 1. The average Bonchev–Trinajstić information content (AvgIpc) is 3.16. The topological polar surface area (TPSA) is 96.5 Å². The highest BCUT2D eigenvalue weighted by molar-refractivity contribution is 9.10. The average molecular weight is 489 g/mol. The molecule has 1 N–H and O–H groups in total. The number of hydrogen-bond donors (Lipinski definition) is 1. The van der Waals surface area contributed by atoms with Gasteiger partial charge in [0.15, 0.2) is 0 Å². The maximum Gasteiger partial charge on any atom is 0.251 e. The summed E-state index contributed by atoms with van der Waals surface area (Å²) in [6.07, 6.45) is 3.95. The number of aryl methyl sites for hydroxylation is 2. The smallest absolute Gasteiger partial charge is 0.251 e. The van der Waals surface area contributed by atoms with Crippen LogP contribution in [-0.2, 0) is 19.5 Å². The molecule has 0 bridgehead atoms. The molecule has 32 heavy (non-hydrogen) atoms. The Hall–Kier alpha value is -3.57. The second-order valence-corrected chi connectivity index (χ2v) is 8.28. The molecule has 0 unspecified atom stereocenters. The first-order chi connectivity index (χ1) is 15.5. The Labute approximate surface area is 194 Å². The fourth-order valence-electron chi connectivity index (χ4n) is 3.48. The third-order valence-electron chi connectivity index (χ3n) is 5.19. The Bertz CT molecular complexity index is 1340. The molecule has 0 radical (unpaired) electrons. The summed E-state index contributed by atoms with van der Waals surface area (Å²) in [6.45, 7) is 4.93. The Morgan fingerprint density at radius 3 is 2.72 bits per heavy atom. The van der Waals surface area contributed by atoms with E-state index in [4.69, 9.17) is 5.10 Å². The lowest BCUT2D eigenvalue weighted by atomic mass is 10.0.